The van der Waals surface area contributed by atoms with Crippen LogP contribution in [0.4, 0.5) is 0 Å². The van der Waals surface area contributed by atoms with Gasteiger partial charge in [-0.15, -0.1) is 0 Å². The van der Waals surface area contributed by atoms with Crippen molar-refractivity contribution in [2.24, 2.45) is 5.73 Å². The van der Waals surface area contributed by atoms with E-state index in [4.69, 9.17) is 10.2 Å². The summed E-state index contributed by atoms with van der Waals surface area (Å²) in [7, 11) is 0. The van der Waals surface area contributed by atoms with Crippen LogP contribution in [-0.4, -0.2) is 17.0 Å². The van der Waals surface area contributed by atoms with E-state index in [-0.39, 0.29) is 6.04 Å². The molecule has 1 aromatic heterocycles. The summed E-state index contributed by atoms with van der Waals surface area (Å²) >= 11 is 1.69. The normalized spacial score (nSPS) is 13.2. The zero-order chi connectivity index (χ0) is 10.8. The van der Waals surface area contributed by atoms with Crippen molar-refractivity contribution in [3.8, 4) is 0 Å². The van der Waals surface area contributed by atoms with Gasteiger partial charge in [-0.2, -0.15) is 11.8 Å². The smallest absolute Gasteiger partial charge is 0.408 e. The van der Waals surface area contributed by atoms with Crippen LogP contribution in [0.15, 0.2) is 27.4 Å². The Balaban J connectivity index is 2.41. The summed E-state index contributed by atoms with van der Waals surface area (Å²) in [5.74, 6) is 0.425. The SMILES string of the molecule is CSCC(N)c1ccc2oc(=O)[nH]c2c1. The van der Waals surface area contributed by atoms with Gasteiger partial charge in [0.25, 0.3) is 0 Å². The van der Waals surface area contributed by atoms with Crippen molar-refractivity contribution in [3.63, 3.8) is 0 Å². The van der Waals surface area contributed by atoms with Crippen LogP contribution in [0, 0.1) is 0 Å². The monoisotopic (exact) mass is 224 g/mol. The second kappa shape index (κ2) is 4.12. The van der Waals surface area contributed by atoms with Gasteiger partial charge in [0.2, 0.25) is 0 Å². The molecule has 0 bridgehead atoms. The lowest BCUT2D eigenvalue weighted by Gasteiger charge is -2.09. The summed E-state index contributed by atoms with van der Waals surface area (Å²) in [5, 5.41) is 0. The molecule has 4 nitrogen and oxygen atoms in total. The van der Waals surface area contributed by atoms with Crippen LogP contribution in [0.25, 0.3) is 11.1 Å². The van der Waals surface area contributed by atoms with E-state index in [2.05, 4.69) is 4.98 Å². The number of thioether (sulfide) groups is 1. The highest BCUT2D eigenvalue weighted by molar-refractivity contribution is 7.98. The minimum atomic E-state index is -0.430. The fourth-order valence-electron chi connectivity index (χ4n) is 1.48. The fourth-order valence-corrected chi connectivity index (χ4v) is 2.03. The summed E-state index contributed by atoms with van der Waals surface area (Å²) in [6.07, 6.45) is 2.01. The van der Waals surface area contributed by atoms with E-state index in [0.717, 1.165) is 11.3 Å². The van der Waals surface area contributed by atoms with Gasteiger partial charge >= 0.3 is 5.76 Å². The van der Waals surface area contributed by atoms with Crippen LogP contribution in [0.2, 0.25) is 0 Å². The number of aromatic nitrogens is 1. The number of oxazole rings is 1. The molecule has 1 unspecified atom stereocenters. The third-order valence-corrected chi connectivity index (χ3v) is 2.91. The molecule has 15 heavy (non-hydrogen) atoms. The number of nitrogens with two attached hydrogens (primary N) is 1. The second-order valence-corrected chi connectivity index (χ2v) is 4.24. The Bertz CT molecular complexity index is 517. The minimum absolute atomic E-state index is 0.0113. The topological polar surface area (TPSA) is 72.0 Å². The first kappa shape index (κ1) is 10.3. The van der Waals surface area contributed by atoms with E-state index in [0.29, 0.717) is 11.1 Å². The zero-order valence-electron chi connectivity index (χ0n) is 8.32. The number of hydrogen-bond acceptors (Lipinski definition) is 4. The molecule has 0 aliphatic rings. The molecule has 0 spiro atoms. The number of hydrogen-bond donors (Lipinski definition) is 2. The van der Waals surface area contributed by atoms with E-state index >= 15 is 0 Å². The van der Waals surface area contributed by atoms with Gasteiger partial charge in [0.15, 0.2) is 5.58 Å². The van der Waals surface area contributed by atoms with Crippen LogP contribution >= 0.6 is 11.8 Å². The van der Waals surface area contributed by atoms with Gasteiger partial charge in [-0.25, -0.2) is 4.79 Å². The molecule has 0 fully saturated rings. The molecule has 1 aromatic carbocycles. The van der Waals surface area contributed by atoms with Gasteiger partial charge in [0.05, 0.1) is 5.52 Å². The average Bonchev–Trinajstić information content (AvgIpc) is 2.57. The highest BCUT2D eigenvalue weighted by atomic mass is 32.2. The largest absolute Gasteiger partial charge is 0.417 e. The lowest BCUT2D eigenvalue weighted by molar-refractivity contribution is 0.555. The van der Waals surface area contributed by atoms with Crippen molar-refractivity contribution in [2.45, 2.75) is 6.04 Å². The van der Waals surface area contributed by atoms with Crippen LogP contribution in [-0.2, 0) is 0 Å². The molecular formula is C10H12N2O2S. The molecule has 0 saturated carbocycles. The van der Waals surface area contributed by atoms with Gasteiger partial charge in [-0.05, 0) is 24.0 Å². The Hall–Kier alpha value is -1.20. The van der Waals surface area contributed by atoms with Crippen molar-refractivity contribution >= 4 is 22.9 Å². The molecule has 5 heteroatoms. The van der Waals surface area contributed by atoms with E-state index in [1.54, 1.807) is 17.8 Å². The van der Waals surface area contributed by atoms with Crippen LogP contribution in [0.5, 0.6) is 0 Å². The van der Waals surface area contributed by atoms with Crippen LogP contribution in [0.3, 0.4) is 0 Å². The van der Waals surface area contributed by atoms with E-state index in [1.165, 1.54) is 0 Å². The summed E-state index contributed by atoms with van der Waals surface area (Å²) in [6.45, 7) is 0. The summed E-state index contributed by atoms with van der Waals surface area (Å²) < 4.78 is 4.91. The quantitative estimate of drug-likeness (QED) is 0.828. The lowest BCUT2D eigenvalue weighted by Crippen LogP contribution is -2.12. The lowest BCUT2D eigenvalue weighted by atomic mass is 10.1. The first-order chi connectivity index (χ1) is 7.20. The van der Waals surface area contributed by atoms with Gasteiger partial charge in [-0.3, -0.25) is 4.98 Å². The third kappa shape index (κ3) is 2.08. The molecule has 80 valence electrons. The van der Waals surface area contributed by atoms with Crippen molar-refractivity contribution in [2.75, 3.05) is 12.0 Å². The molecule has 1 atom stereocenters. The molecule has 2 aromatic rings. The van der Waals surface area contributed by atoms with E-state index in [1.807, 2.05) is 18.4 Å². The highest BCUT2D eigenvalue weighted by Crippen LogP contribution is 2.18. The Morgan fingerprint density at radius 1 is 1.60 bits per heavy atom. The van der Waals surface area contributed by atoms with E-state index in [9.17, 15) is 4.79 Å². The maximum atomic E-state index is 10.9. The first-order valence-electron chi connectivity index (χ1n) is 4.58. The molecule has 3 N–H and O–H groups in total. The summed E-state index contributed by atoms with van der Waals surface area (Å²) in [6, 6.07) is 5.51. The predicted octanol–water partition coefficient (Wildman–Crippen LogP) is 1.48. The van der Waals surface area contributed by atoms with Crippen molar-refractivity contribution in [1.29, 1.82) is 0 Å². The molecule has 0 saturated heterocycles. The predicted molar refractivity (Wildman–Crippen MR) is 62.1 cm³/mol. The number of benzene rings is 1. The zero-order valence-corrected chi connectivity index (χ0v) is 9.14. The van der Waals surface area contributed by atoms with Gasteiger partial charge in [-0.1, -0.05) is 6.07 Å². The molecule has 0 amide bonds. The number of fused-ring (bicyclic) bond motifs is 1. The minimum Gasteiger partial charge on any atom is -0.408 e. The molecule has 1 heterocycles. The number of H-pyrrole nitrogens is 1. The summed E-state index contributed by atoms with van der Waals surface area (Å²) in [5.41, 5.74) is 8.24. The standard InChI is InChI=1S/C10H12N2O2S/c1-15-5-7(11)6-2-3-9-8(4-6)12-10(13)14-9/h2-4,7H,5,11H2,1H3,(H,12,13). The van der Waals surface area contributed by atoms with Gasteiger partial charge in [0.1, 0.15) is 0 Å². The van der Waals surface area contributed by atoms with Crippen LogP contribution in [0.1, 0.15) is 11.6 Å². The van der Waals surface area contributed by atoms with Crippen molar-refractivity contribution < 1.29 is 4.42 Å². The molecule has 2 rings (SSSR count). The number of rotatable bonds is 3. The van der Waals surface area contributed by atoms with Crippen LogP contribution < -0.4 is 11.5 Å². The Morgan fingerprint density at radius 3 is 3.13 bits per heavy atom. The maximum Gasteiger partial charge on any atom is 0.417 e. The molecule has 0 aliphatic heterocycles. The first-order valence-corrected chi connectivity index (χ1v) is 5.97. The van der Waals surface area contributed by atoms with Crippen molar-refractivity contribution in [1.82, 2.24) is 4.98 Å². The number of aromatic amines is 1. The maximum absolute atomic E-state index is 10.9. The van der Waals surface area contributed by atoms with Crippen molar-refractivity contribution in [3.05, 3.63) is 34.3 Å². The average molecular weight is 224 g/mol. The Morgan fingerprint density at radius 2 is 2.40 bits per heavy atom. The molecular weight excluding hydrogens is 212 g/mol. The van der Waals surface area contributed by atoms with Gasteiger partial charge in [0, 0.05) is 11.8 Å². The fraction of sp³-hybridized carbons (Fsp3) is 0.300. The Kier molecular flexibility index (Phi) is 2.83. The van der Waals surface area contributed by atoms with Gasteiger partial charge < -0.3 is 10.2 Å². The van der Waals surface area contributed by atoms with E-state index < -0.39 is 5.76 Å². The number of nitrogens with one attached hydrogen (secondary N) is 1. The second-order valence-electron chi connectivity index (χ2n) is 3.33. The third-order valence-electron chi connectivity index (χ3n) is 2.22. The Labute approximate surface area is 90.8 Å². The molecule has 0 aliphatic carbocycles. The highest BCUT2D eigenvalue weighted by Gasteiger charge is 2.07. The molecule has 0 radical (unpaired) electrons. The summed E-state index contributed by atoms with van der Waals surface area (Å²) in [4.78, 5) is 13.5.